The molecular weight excluding hydrogens is 252 g/mol. The minimum Gasteiger partial charge on any atom is -0.337 e. The molecule has 1 unspecified atom stereocenters. The number of aromatic nitrogens is 2. The van der Waals surface area contributed by atoms with E-state index in [0.717, 1.165) is 37.2 Å². The molecular formula is C12H21ClN4O. The summed E-state index contributed by atoms with van der Waals surface area (Å²) in [6.45, 7) is 3.53. The summed E-state index contributed by atoms with van der Waals surface area (Å²) in [4.78, 5) is 14.3. The lowest BCUT2D eigenvalue weighted by atomic mass is 10.0. The fraction of sp³-hybridized carbons (Fsp3) is 0.667. The smallest absolute Gasteiger partial charge is 0.257 e. The fourth-order valence-electron chi connectivity index (χ4n) is 2.38. The van der Waals surface area contributed by atoms with Crippen LogP contribution in [-0.4, -0.2) is 46.8 Å². The third kappa shape index (κ3) is 3.03. The molecule has 1 N–H and O–H groups in total. The molecule has 1 aliphatic heterocycles. The van der Waals surface area contributed by atoms with E-state index in [0.29, 0.717) is 6.04 Å². The van der Waals surface area contributed by atoms with E-state index in [1.807, 2.05) is 25.9 Å². The highest BCUT2D eigenvalue weighted by Gasteiger charge is 2.25. The Balaban J connectivity index is 0.00000162. The zero-order chi connectivity index (χ0) is 12.4. The predicted molar refractivity (Wildman–Crippen MR) is 73.2 cm³/mol. The standard InChI is InChI=1S/C12H20N4O.ClH/c1-9-11(8-15(3)14-9)12(17)16-6-4-5-10(7-16)13-2;/h8,10,13H,4-7H2,1-3H3;1H. The number of amides is 1. The molecule has 18 heavy (non-hydrogen) atoms. The first-order chi connectivity index (χ1) is 8.11. The Morgan fingerprint density at radius 3 is 2.83 bits per heavy atom. The Kier molecular flexibility index (Phi) is 5.16. The van der Waals surface area contributed by atoms with Crippen molar-refractivity contribution in [2.45, 2.75) is 25.8 Å². The molecule has 1 fully saturated rings. The van der Waals surface area contributed by atoms with Gasteiger partial charge in [-0.2, -0.15) is 5.10 Å². The molecule has 2 rings (SSSR count). The zero-order valence-electron chi connectivity index (χ0n) is 11.1. The Morgan fingerprint density at radius 1 is 1.56 bits per heavy atom. The van der Waals surface area contributed by atoms with E-state index >= 15 is 0 Å². The fourth-order valence-corrected chi connectivity index (χ4v) is 2.38. The van der Waals surface area contributed by atoms with Crippen LogP contribution in [0.25, 0.3) is 0 Å². The molecule has 0 radical (unpaired) electrons. The predicted octanol–water partition coefficient (Wildman–Crippen LogP) is 0.974. The van der Waals surface area contributed by atoms with E-state index in [2.05, 4.69) is 10.4 Å². The van der Waals surface area contributed by atoms with Gasteiger partial charge in [0.05, 0.1) is 11.3 Å². The van der Waals surface area contributed by atoms with E-state index in [1.54, 1.807) is 10.9 Å². The molecule has 1 amide bonds. The molecule has 6 heteroatoms. The van der Waals surface area contributed by atoms with Crippen molar-refractivity contribution in [1.29, 1.82) is 0 Å². The number of aryl methyl sites for hydroxylation is 2. The molecule has 0 aliphatic carbocycles. The highest BCUT2D eigenvalue weighted by molar-refractivity contribution is 5.95. The summed E-state index contributed by atoms with van der Waals surface area (Å²) in [5.74, 6) is 0.107. The van der Waals surface area contributed by atoms with Gasteiger partial charge in [0, 0.05) is 32.4 Å². The van der Waals surface area contributed by atoms with E-state index in [9.17, 15) is 4.79 Å². The van der Waals surface area contributed by atoms with Gasteiger partial charge in [-0.05, 0) is 26.8 Å². The van der Waals surface area contributed by atoms with Crippen LogP contribution in [-0.2, 0) is 7.05 Å². The maximum Gasteiger partial charge on any atom is 0.257 e. The summed E-state index contributed by atoms with van der Waals surface area (Å²) >= 11 is 0. The number of hydrogen-bond donors (Lipinski definition) is 1. The maximum absolute atomic E-state index is 12.3. The van der Waals surface area contributed by atoms with Gasteiger partial charge in [0.15, 0.2) is 0 Å². The number of likely N-dealkylation sites (tertiary alicyclic amines) is 1. The Bertz CT molecular complexity index is 418. The van der Waals surface area contributed by atoms with Crippen LogP contribution in [0.1, 0.15) is 28.9 Å². The van der Waals surface area contributed by atoms with Crippen LogP contribution in [0.15, 0.2) is 6.20 Å². The van der Waals surface area contributed by atoms with Crippen molar-refractivity contribution >= 4 is 18.3 Å². The highest BCUT2D eigenvalue weighted by atomic mass is 35.5. The van der Waals surface area contributed by atoms with Crippen molar-refractivity contribution in [2.24, 2.45) is 7.05 Å². The van der Waals surface area contributed by atoms with Crippen molar-refractivity contribution in [2.75, 3.05) is 20.1 Å². The third-order valence-electron chi connectivity index (χ3n) is 3.36. The number of nitrogens with one attached hydrogen (secondary N) is 1. The van der Waals surface area contributed by atoms with Crippen LogP contribution in [0.5, 0.6) is 0 Å². The number of hydrogen-bond acceptors (Lipinski definition) is 3. The molecule has 5 nitrogen and oxygen atoms in total. The summed E-state index contributed by atoms with van der Waals surface area (Å²) in [5, 5.41) is 7.47. The van der Waals surface area contributed by atoms with E-state index < -0.39 is 0 Å². The SMILES string of the molecule is CNC1CCCN(C(=O)c2cn(C)nc2C)C1.Cl. The monoisotopic (exact) mass is 272 g/mol. The van der Waals surface area contributed by atoms with E-state index in [-0.39, 0.29) is 18.3 Å². The topological polar surface area (TPSA) is 50.2 Å². The molecule has 1 aromatic rings. The first kappa shape index (κ1) is 15.0. The molecule has 1 aliphatic rings. The highest BCUT2D eigenvalue weighted by Crippen LogP contribution is 2.15. The normalized spacial score (nSPS) is 19.5. The van der Waals surface area contributed by atoms with Gasteiger partial charge in [-0.1, -0.05) is 0 Å². The second kappa shape index (κ2) is 6.20. The van der Waals surface area contributed by atoms with Crippen molar-refractivity contribution < 1.29 is 4.79 Å². The van der Waals surface area contributed by atoms with Crippen molar-refractivity contribution in [3.8, 4) is 0 Å². The number of carbonyl (C=O) groups is 1. The maximum atomic E-state index is 12.3. The van der Waals surface area contributed by atoms with Crippen molar-refractivity contribution in [3.63, 3.8) is 0 Å². The quantitative estimate of drug-likeness (QED) is 0.873. The average molecular weight is 273 g/mol. The lowest BCUT2D eigenvalue weighted by molar-refractivity contribution is 0.0697. The number of nitrogens with zero attached hydrogens (tertiary/aromatic N) is 3. The molecule has 0 bridgehead atoms. The molecule has 1 aromatic heterocycles. The van der Waals surface area contributed by atoms with Crippen LogP contribution in [0.2, 0.25) is 0 Å². The van der Waals surface area contributed by atoms with Gasteiger partial charge in [-0.3, -0.25) is 9.48 Å². The van der Waals surface area contributed by atoms with Crippen molar-refractivity contribution in [1.82, 2.24) is 20.0 Å². The Labute approximate surface area is 114 Å². The summed E-state index contributed by atoms with van der Waals surface area (Å²) in [5.41, 5.74) is 1.54. The lowest BCUT2D eigenvalue weighted by Crippen LogP contribution is -2.47. The summed E-state index contributed by atoms with van der Waals surface area (Å²) in [7, 11) is 3.80. The largest absolute Gasteiger partial charge is 0.337 e. The Hall–Kier alpha value is -1.07. The minimum absolute atomic E-state index is 0. The van der Waals surface area contributed by atoms with Crippen LogP contribution in [0, 0.1) is 6.92 Å². The van der Waals surface area contributed by atoms with Crippen LogP contribution in [0.3, 0.4) is 0 Å². The van der Waals surface area contributed by atoms with Gasteiger partial charge in [0.1, 0.15) is 0 Å². The third-order valence-corrected chi connectivity index (χ3v) is 3.36. The molecule has 2 heterocycles. The second-order valence-corrected chi connectivity index (χ2v) is 4.68. The first-order valence-electron chi connectivity index (χ1n) is 6.08. The summed E-state index contributed by atoms with van der Waals surface area (Å²) in [6.07, 6.45) is 4.02. The van der Waals surface area contributed by atoms with Gasteiger partial charge in [-0.25, -0.2) is 0 Å². The number of halogens is 1. The van der Waals surface area contributed by atoms with Gasteiger partial charge >= 0.3 is 0 Å². The van der Waals surface area contributed by atoms with Gasteiger partial charge in [0.2, 0.25) is 0 Å². The first-order valence-corrected chi connectivity index (χ1v) is 6.08. The molecule has 102 valence electrons. The van der Waals surface area contributed by atoms with Crippen LogP contribution in [0.4, 0.5) is 0 Å². The number of carbonyl (C=O) groups excluding carboxylic acids is 1. The number of piperidine rings is 1. The van der Waals surface area contributed by atoms with E-state index in [1.165, 1.54) is 0 Å². The molecule has 0 spiro atoms. The van der Waals surface area contributed by atoms with E-state index in [4.69, 9.17) is 0 Å². The Morgan fingerprint density at radius 2 is 2.28 bits per heavy atom. The second-order valence-electron chi connectivity index (χ2n) is 4.68. The minimum atomic E-state index is 0. The average Bonchev–Trinajstić information content (AvgIpc) is 2.67. The molecule has 1 atom stereocenters. The van der Waals surface area contributed by atoms with Crippen molar-refractivity contribution in [3.05, 3.63) is 17.5 Å². The summed E-state index contributed by atoms with van der Waals surface area (Å²) in [6, 6.07) is 0.421. The molecule has 0 aromatic carbocycles. The van der Waals surface area contributed by atoms with Crippen LogP contribution >= 0.6 is 12.4 Å². The molecule has 0 saturated carbocycles. The number of rotatable bonds is 2. The van der Waals surface area contributed by atoms with Gasteiger partial charge in [-0.15, -0.1) is 12.4 Å². The summed E-state index contributed by atoms with van der Waals surface area (Å²) < 4.78 is 1.70. The zero-order valence-corrected chi connectivity index (χ0v) is 12.0. The van der Waals surface area contributed by atoms with Crippen LogP contribution < -0.4 is 5.32 Å². The van der Waals surface area contributed by atoms with Gasteiger partial charge < -0.3 is 10.2 Å². The lowest BCUT2D eigenvalue weighted by Gasteiger charge is -2.32. The number of likely N-dealkylation sites (N-methyl/N-ethyl adjacent to an activating group) is 1. The molecule has 1 saturated heterocycles. The van der Waals surface area contributed by atoms with Gasteiger partial charge in [0.25, 0.3) is 5.91 Å².